The number of hydrogen-bond acceptors (Lipinski definition) is 4. The molecule has 0 saturated heterocycles. The third-order valence-electron chi connectivity index (χ3n) is 3.11. The summed E-state index contributed by atoms with van der Waals surface area (Å²) < 4.78 is 37.6. The summed E-state index contributed by atoms with van der Waals surface area (Å²) in [5, 5.41) is 0.244. The second kappa shape index (κ2) is 7.68. The van der Waals surface area contributed by atoms with E-state index in [1.165, 1.54) is 25.3 Å². The Morgan fingerprint density at radius 1 is 1.17 bits per heavy atom. The van der Waals surface area contributed by atoms with Gasteiger partial charge in [0.15, 0.2) is 0 Å². The molecule has 0 atom stereocenters. The maximum absolute atomic E-state index is 12.3. The summed E-state index contributed by atoms with van der Waals surface area (Å²) in [6.07, 6.45) is 0. The van der Waals surface area contributed by atoms with E-state index in [2.05, 4.69) is 4.72 Å². The first-order chi connectivity index (χ1) is 11.0. The molecule has 2 aromatic rings. The Kier molecular flexibility index (Phi) is 5.87. The van der Waals surface area contributed by atoms with E-state index in [4.69, 9.17) is 21.1 Å². The van der Waals surface area contributed by atoms with E-state index in [0.717, 1.165) is 5.56 Å². The third kappa shape index (κ3) is 4.60. The Morgan fingerprint density at radius 3 is 2.61 bits per heavy atom. The minimum absolute atomic E-state index is 0.0873. The second-order valence-corrected chi connectivity index (χ2v) is 6.88. The molecular formula is C16H18ClNO4S. The molecule has 0 aliphatic heterocycles. The average molecular weight is 356 g/mol. The fourth-order valence-electron chi connectivity index (χ4n) is 1.99. The molecule has 23 heavy (non-hydrogen) atoms. The summed E-state index contributed by atoms with van der Waals surface area (Å²) in [7, 11) is -2.19. The molecule has 0 amide bonds. The molecule has 0 radical (unpaired) electrons. The van der Waals surface area contributed by atoms with Gasteiger partial charge in [0.05, 0.1) is 23.6 Å². The minimum Gasteiger partial charge on any atom is -0.495 e. The normalized spacial score (nSPS) is 11.3. The Morgan fingerprint density at radius 2 is 1.96 bits per heavy atom. The maximum Gasteiger partial charge on any atom is 0.240 e. The first kappa shape index (κ1) is 17.6. The van der Waals surface area contributed by atoms with Gasteiger partial charge in [0.2, 0.25) is 10.0 Å². The quantitative estimate of drug-likeness (QED) is 0.828. The lowest BCUT2D eigenvalue weighted by Crippen LogP contribution is -2.23. The van der Waals surface area contributed by atoms with Crippen molar-refractivity contribution in [3.63, 3.8) is 0 Å². The van der Waals surface area contributed by atoms with Crippen molar-refractivity contribution in [3.8, 4) is 11.5 Å². The van der Waals surface area contributed by atoms with Gasteiger partial charge in [-0.05, 0) is 42.8 Å². The van der Waals surface area contributed by atoms with Gasteiger partial charge in [-0.3, -0.25) is 0 Å². The fraction of sp³-hybridized carbons (Fsp3) is 0.250. The number of ether oxygens (including phenoxy) is 2. The van der Waals surface area contributed by atoms with E-state index in [1.807, 2.05) is 25.1 Å². The fourth-order valence-corrected chi connectivity index (χ4v) is 3.35. The number of halogens is 1. The van der Waals surface area contributed by atoms with Crippen LogP contribution >= 0.6 is 11.6 Å². The number of hydrogen-bond donors (Lipinski definition) is 1. The molecule has 0 bridgehead atoms. The van der Waals surface area contributed by atoms with Crippen molar-refractivity contribution in [1.82, 2.24) is 4.72 Å². The van der Waals surface area contributed by atoms with Crippen molar-refractivity contribution in [3.05, 3.63) is 53.1 Å². The van der Waals surface area contributed by atoms with Crippen molar-refractivity contribution in [2.75, 3.05) is 13.7 Å². The lowest BCUT2D eigenvalue weighted by Gasteiger charge is -2.10. The van der Waals surface area contributed by atoms with Crippen LogP contribution in [0, 0.1) is 0 Å². The van der Waals surface area contributed by atoms with Crippen LogP contribution in [0.15, 0.2) is 47.4 Å². The Hall–Kier alpha value is -1.76. The van der Waals surface area contributed by atoms with E-state index >= 15 is 0 Å². The van der Waals surface area contributed by atoms with Crippen LogP contribution in [0.2, 0.25) is 5.02 Å². The van der Waals surface area contributed by atoms with E-state index in [9.17, 15) is 8.42 Å². The zero-order valence-electron chi connectivity index (χ0n) is 12.9. The first-order valence-electron chi connectivity index (χ1n) is 7.01. The number of rotatable bonds is 7. The summed E-state index contributed by atoms with van der Waals surface area (Å²) in [5.41, 5.74) is 0.805. The van der Waals surface area contributed by atoms with Crippen molar-refractivity contribution in [2.45, 2.75) is 18.4 Å². The molecule has 0 fully saturated rings. The molecule has 0 aliphatic rings. The van der Waals surface area contributed by atoms with Gasteiger partial charge >= 0.3 is 0 Å². The lowest BCUT2D eigenvalue weighted by molar-refractivity contribution is 0.340. The standard InChI is InChI=1S/C16H18ClNO4S/c1-3-22-13-6-4-5-12(9-13)11-18-23(19,20)14-7-8-16(21-2)15(17)10-14/h4-10,18H,3,11H2,1-2H3. The molecule has 5 nitrogen and oxygen atoms in total. The molecule has 0 saturated carbocycles. The van der Waals surface area contributed by atoms with E-state index < -0.39 is 10.0 Å². The summed E-state index contributed by atoms with van der Waals surface area (Å²) in [6, 6.07) is 11.6. The highest BCUT2D eigenvalue weighted by Gasteiger charge is 2.15. The van der Waals surface area contributed by atoms with Crippen molar-refractivity contribution in [1.29, 1.82) is 0 Å². The minimum atomic E-state index is -3.66. The molecule has 0 heterocycles. The average Bonchev–Trinajstić information content (AvgIpc) is 2.54. The van der Waals surface area contributed by atoms with Crippen LogP contribution in [0.4, 0.5) is 0 Å². The van der Waals surface area contributed by atoms with Crippen LogP contribution in [-0.2, 0) is 16.6 Å². The van der Waals surface area contributed by atoms with Gasteiger partial charge in [-0.15, -0.1) is 0 Å². The molecule has 0 unspecified atom stereocenters. The van der Waals surface area contributed by atoms with Gasteiger partial charge in [-0.25, -0.2) is 13.1 Å². The predicted molar refractivity (Wildman–Crippen MR) is 89.6 cm³/mol. The predicted octanol–water partition coefficient (Wildman–Crippen LogP) is 3.23. The van der Waals surface area contributed by atoms with Crippen LogP contribution in [0.1, 0.15) is 12.5 Å². The Balaban J connectivity index is 2.12. The Bertz CT molecular complexity index is 777. The van der Waals surface area contributed by atoms with Crippen LogP contribution in [-0.4, -0.2) is 22.1 Å². The van der Waals surface area contributed by atoms with E-state index in [0.29, 0.717) is 18.1 Å². The molecule has 0 spiro atoms. The highest BCUT2D eigenvalue weighted by atomic mass is 35.5. The van der Waals surface area contributed by atoms with Gasteiger partial charge in [-0.1, -0.05) is 23.7 Å². The van der Waals surface area contributed by atoms with Crippen LogP contribution in [0.5, 0.6) is 11.5 Å². The zero-order valence-corrected chi connectivity index (χ0v) is 14.4. The van der Waals surface area contributed by atoms with Crippen LogP contribution < -0.4 is 14.2 Å². The summed E-state index contributed by atoms with van der Waals surface area (Å²) in [6.45, 7) is 2.61. The number of benzene rings is 2. The SMILES string of the molecule is CCOc1cccc(CNS(=O)(=O)c2ccc(OC)c(Cl)c2)c1. The van der Waals surface area contributed by atoms with E-state index in [1.54, 1.807) is 6.07 Å². The summed E-state index contributed by atoms with van der Waals surface area (Å²) >= 11 is 5.97. The Labute approximate surface area is 141 Å². The van der Waals surface area contributed by atoms with Gasteiger partial charge < -0.3 is 9.47 Å². The lowest BCUT2D eigenvalue weighted by atomic mass is 10.2. The smallest absolute Gasteiger partial charge is 0.240 e. The monoisotopic (exact) mass is 355 g/mol. The van der Waals surface area contributed by atoms with Gasteiger partial charge in [0.25, 0.3) is 0 Å². The molecule has 7 heteroatoms. The molecule has 0 aliphatic carbocycles. The van der Waals surface area contributed by atoms with Crippen molar-refractivity contribution in [2.24, 2.45) is 0 Å². The van der Waals surface area contributed by atoms with Gasteiger partial charge in [0, 0.05) is 6.54 Å². The highest BCUT2D eigenvalue weighted by Crippen LogP contribution is 2.27. The molecule has 124 valence electrons. The summed E-state index contributed by atoms with van der Waals surface area (Å²) in [4.78, 5) is 0.0873. The van der Waals surface area contributed by atoms with Gasteiger partial charge in [0.1, 0.15) is 11.5 Å². The topological polar surface area (TPSA) is 64.6 Å². The second-order valence-electron chi connectivity index (χ2n) is 4.70. The molecule has 1 N–H and O–H groups in total. The van der Waals surface area contributed by atoms with Crippen LogP contribution in [0.3, 0.4) is 0 Å². The number of sulfonamides is 1. The van der Waals surface area contributed by atoms with Crippen molar-refractivity contribution < 1.29 is 17.9 Å². The van der Waals surface area contributed by atoms with Gasteiger partial charge in [-0.2, -0.15) is 0 Å². The summed E-state index contributed by atoms with van der Waals surface area (Å²) in [5.74, 6) is 1.13. The van der Waals surface area contributed by atoms with Crippen molar-refractivity contribution >= 4 is 21.6 Å². The molecule has 2 aromatic carbocycles. The largest absolute Gasteiger partial charge is 0.495 e. The van der Waals surface area contributed by atoms with E-state index in [-0.39, 0.29) is 16.5 Å². The highest BCUT2D eigenvalue weighted by molar-refractivity contribution is 7.89. The number of nitrogens with one attached hydrogen (secondary N) is 1. The molecule has 2 rings (SSSR count). The van der Waals surface area contributed by atoms with Crippen LogP contribution in [0.25, 0.3) is 0 Å². The zero-order chi connectivity index (χ0) is 16.9. The molecular weight excluding hydrogens is 338 g/mol. The number of methoxy groups -OCH3 is 1. The molecule has 0 aromatic heterocycles. The maximum atomic E-state index is 12.3. The first-order valence-corrected chi connectivity index (χ1v) is 8.87. The third-order valence-corrected chi connectivity index (χ3v) is 4.80.